The molecule has 0 heterocycles. The molecule has 0 amide bonds. The van der Waals surface area contributed by atoms with Gasteiger partial charge in [0.05, 0.1) is 6.61 Å². The van der Waals surface area contributed by atoms with Crippen LogP contribution in [0.3, 0.4) is 0 Å². The van der Waals surface area contributed by atoms with Gasteiger partial charge in [-0.15, -0.1) is 24.0 Å². The van der Waals surface area contributed by atoms with Crippen LogP contribution >= 0.6 is 24.0 Å². The second-order valence-corrected chi connectivity index (χ2v) is 5.87. The van der Waals surface area contributed by atoms with E-state index in [4.69, 9.17) is 9.47 Å². The average Bonchev–Trinajstić information content (AvgIpc) is 2.64. The van der Waals surface area contributed by atoms with Gasteiger partial charge in [0.25, 0.3) is 0 Å². The molecular formula is C20H26F2IN3O2. The second kappa shape index (κ2) is 13.3. The van der Waals surface area contributed by atoms with Crippen LogP contribution in [0.15, 0.2) is 47.5 Å². The summed E-state index contributed by atoms with van der Waals surface area (Å²) in [7, 11) is 3.32. The Morgan fingerprint density at radius 2 is 1.82 bits per heavy atom. The van der Waals surface area contributed by atoms with E-state index in [0.29, 0.717) is 37.7 Å². The third-order valence-electron chi connectivity index (χ3n) is 3.71. The van der Waals surface area contributed by atoms with Crippen molar-refractivity contribution in [3.63, 3.8) is 0 Å². The van der Waals surface area contributed by atoms with Crippen LogP contribution in [0.25, 0.3) is 0 Å². The lowest BCUT2D eigenvalue weighted by atomic mass is 10.1. The second-order valence-electron chi connectivity index (χ2n) is 5.87. The van der Waals surface area contributed by atoms with Crippen molar-refractivity contribution < 1.29 is 18.3 Å². The average molecular weight is 505 g/mol. The first-order valence-corrected chi connectivity index (χ1v) is 8.75. The highest BCUT2D eigenvalue weighted by Gasteiger charge is 2.04. The molecule has 0 radical (unpaired) electrons. The van der Waals surface area contributed by atoms with Crippen molar-refractivity contribution in [2.24, 2.45) is 4.99 Å². The van der Waals surface area contributed by atoms with Gasteiger partial charge in [-0.05, 0) is 36.2 Å². The predicted molar refractivity (Wildman–Crippen MR) is 119 cm³/mol. The fraction of sp³-hybridized carbons (Fsp3) is 0.350. The molecule has 0 aliphatic carbocycles. The molecule has 2 aromatic rings. The number of nitrogens with one attached hydrogen (secondary N) is 2. The molecule has 0 aliphatic rings. The van der Waals surface area contributed by atoms with Gasteiger partial charge < -0.3 is 20.1 Å². The SMILES string of the molecule is CN=C(NCCc1cc(F)cc(F)c1)Nc1cccc(OCCCOC)c1.I. The molecule has 154 valence electrons. The molecule has 2 aromatic carbocycles. The van der Waals surface area contributed by atoms with Crippen molar-refractivity contribution in [1.82, 2.24) is 5.32 Å². The standard InChI is InChI=1S/C20H25F2N3O2.HI/c1-23-20(24-8-7-15-11-16(21)13-17(22)12-15)25-18-5-3-6-19(14-18)27-10-4-9-26-2;/h3,5-6,11-14H,4,7-10H2,1-2H3,(H2,23,24,25);1H. The summed E-state index contributed by atoms with van der Waals surface area (Å²) in [6.45, 7) is 1.72. The van der Waals surface area contributed by atoms with E-state index in [2.05, 4.69) is 15.6 Å². The van der Waals surface area contributed by atoms with Crippen LogP contribution in [0.2, 0.25) is 0 Å². The molecule has 0 spiro atoms. The fourth-order valence-corrected chi connectivity index (χ4v) is 2.45. The number of halogens is 3. The highest BCUT2D eigenvalue weighted by Crippen LogP contribution is 2.17. The zero-order valence-corrected chi connectivity index (χ0v) is 18.3. The van der Waals surface area contributed by atoms with E-state index in [0.717, 1.165) is 23.9 Å². The summed E-state index contributed by atoms with van der Waals surface area (Å²) in [5.74, 6) is 0.162. The third kappa shape index (κ3) is 8.83. The van der Waals surface area contributed by atoms with Crippen molar-refractivity contribution in [3.8, 4) is 5.75 Å². The molecule has 28 heavy (non-hydrogen) atoms. The van der Waals surface area contributed by atoms with E-state index in [1.54, 1.807) is 14.2 Å². The first kappa shape index (κ1) is 24.1. The minimum atomic E-state index is -0.574. The summed E-state index contributed by atoms with van der Waals surface area (Å²) in [4.78, 5) is 4.15. The number of methoxy groups -OCH3 is 1. The lowest BCUT2D eigenvalue weighted by Crippen LogP contribution is -2.32. The molecule has 0 aromatic heterocycles. The zero-order chi connectivity index (χ0) is 19.5. The zero-order valence-electron chi connectivity index (χ0n) is 16.0. The Morgan fingerprint density at radius 1 is 1.07 bits per heavy atom. The van der Waals surface area contributed by atoms with Crippen LogP contribution in [0, 0.1) is 11.6 Å². The minimum absolute atomic E-state index is 0. The molecule has 0 fully saturated rings. The van der Waals surface area contributed by atoms with E-state index < -0.39 is 11.6 Å². The van der Waals surface area contributed by atoms with E-state index in [1.165, 1.54) is 12.1 Å². The Labute approximate surface area is 181 Å². The maximum atomic E-state index is 13.2. The molecular weight excluding hydrogens is 479 g/mol. The lowest BCUT2D eigenvalue weighted by molar-refractivity contribution is 0.172. The molecule has 2 rings (SSSR count). The van der Waals surface area contributed by atoms with Gasteiger partial charge in [-0.3, -0.25) is 4.99 Å². The number of ether oxygens (including phenoxy) is 2. The van der Waals surface area contributed by atoms with Gasteiger partial charge in [-0.1, -0.05) is 6.07 Å². The third-order valence-corrected chi connectivity index (χ3v) is 3.71. The normalized spacial score (nSPS) is 10.9. The van der Waals surface area contributed by atoms with Gasteiger partial charge >= 0.3 is 0 Å². The largest absolute Gasteiger partial charge is 0.493 e. The first-order chi connectivity index (χ1) is 13.1. The molecule has 0 saturated heterocycles. The minimum Gasteiger partial charge on any atom is -0.493 e. The highest BCUT2D eigenvalue weighted by molar-refractivity contribution is 14.0. The number of guanidine groups is 1. The summed E-state index contributed by atoms with van der Waals surface area (Å²) < 4.78 is 37.1. The summed E-state index contributed by atoms with van der Waals surface area (Å²) in [5, 5.41) is 6.29. The molecule has 2 N–H and O–H groups in total. The Kier molecular flexibility index (Phi) is 11.4. The monoisotopic (exact) mass is 505 g/mol. The highest BCUT2D eigenvalue weighted by atomic mass is 127. The Balaban J connectivity index is 0.00000392. The maximum absolute atomic E-state index is 13.2. The topological polar surface area (TPSA) is 54.9 Å². The molecule has 0 saturated carbocycles. The molecule has 0 atom stereocenters. The summed E-state index contributed by atoms with van der Waals surface area (Å²) in [6, 6.07) is 11.1. The van der Waals surface area contributed by atoms with Crippen molar-refractivity contribution in [2.75, 3.05) is 39.2 Å². The smallest absolute Gasteiger partial charge is 0.195 e. The number of aliphatic imine (C=N–C) groups is 1. The van der Waals surface area contributed by atoms with Gasteiger partial charge in [0.15, 0.2) is 5.96 Å². The van der Waals surface area contributed by atoms with Crippen LogP contribution in [0.1, 0.15) is 12.0 Å². The summed E-state index contributed by atoms with van der Waals surface area (Å²) >= 11 is 0. The molecule has 0 aliphatic heterocycles. The number of benzene rings is 2. The molecule has 8 heteroatoms. The molecule has 0 bridgehead atoms. The van der Waals surface area contributed by atoms with Crippen LogP contribution in [0.5, 0.6) is 5.75 Å². The van der Waals surface area contributed by atoms with Crippen molar-refractivity contribution in [1.29, 1.82) is 0 Å². The summed E-state index contributed by atoms with van der Waals surface area (Å²) in [5.41, 5.74) is 1.41. The maximum Gasteiger partial charge on any atom is 0.195 e. The number of anilines is 1. The Hall–Kier alpha value is -1.94. The van der Waals surface area contributed by atoms with Gasteiger partial charge in [0.2, 0.25) is 0 Å². The van der Waals surface area contributed by atoms with Crippen LogP contribution in [-0.4, -0.2) is 39.9 Å². The van der Waals surface area contributed by atoms with E-state index >= 15 is 0 Å². The fourth-order valence-electron chi connectivity index (χ4n) is 2.45. The molecule has 5 nitrogen and oxygen atoms in total. The number of nitrogens with zero attached hydrogens (tertiary/aromatic N) is 1. The Morgan fingerprint density at radius 3 is 2.50 bits per heavy atom. The lowest BCUT2D eigenvalue weighted by Gasteiger charge is -2.13. The predicted octanol–water partition coefficient (Wildman–Crippen LogP) is 4.23. The number of hydrogen-bond acceptors (Lipinski definition) is 3. The number of hydrogen-bond donors (Lipinski definition) is 2. The Bertz CT molecular complexity index is 740. The van der Waals surface area contributed by atoms with Crippen molar-refractivity contribution >= 4 is 35.6 Å². The van der Waals surface area contributed by atoms with Gasteiger partial charge in [-0.2, -0.15) is 0 Å². The van der Waals surface area contributed by atoms with E-state index in [-0.39, 0.29) is 24.0 Å². The summed E-state index contributed by atoms with van der Waals surface area (Å²) in [6.07, 6.45) is 1.29. The van der Waals surface area contributed by atoms with Crippen LogP contribution in [-0.2, 0) is 11.2 Å². The van der Waals surface area contributed by atoms with Crippen molar-refractivity contribution in [2.45, 2.75) is 12.8 Å². The number of rotatable bonds is 9. The van der Waals surface area contributed by atoms with Gasteiger partial charge in [0, 0.05) is 51.6 Å². The van der Waals surface area contributed by atoms with E-state index in [9.17, 15) is 8.78 Å². The van der Waals surface area contributed by atoms with Gasteiger partial charge in [-0.25, -0.2) is 8.78 Å². The first-order valence-electron chi connectivity index (χ1n) is 8.75. The quantitative estimate of drug-likeness (QED) is 0.232. The van der Waals surface area contributed by atoms with Crippen LogP contribution in [0.4, 0.5) is 14.5 Å². The van der Waals surface area contributed by atoms with E-state index in [1.807, 2.05) is 24.3 Å². The van der Waals surface area contributed by atoms with Crippen LogP contribution < -0.4 is 15.4 Å². The molecule has 0 unspecified atom stereocenters. The van der Waals surface area contributed by atoms with Crippen molar-refractivity contribution in [3.05, 3.63) is 59.7 Å². The van der Waals surface area contributed by atoms with Gasteiger partial charge in [0.1, 0.15) is 17.4 Å².